The van der Waals surface area contributed by atoms with Crippen molar-refractivity contribution >= 4 is 5.91 Å². The van der Waals surface area contributed by atoms with Crippen molar-refractivity contribution in [2.24, 2.45) is 0 Å². The molecule has 0 spiro atoms. The maximum atomic E-state index is 12.9. The molecule has 226 valence electrons. The zero-order valence-electron chi connectivity index (χ0n) is 25.0. The lowest BCUT2D eigenvalue weighted by atomic mass is 9.96. The molecule has 1 amide bonds. The van der Waals surface area contributed by atoms with Gasteiger partial charge in [-0.05, 0) is 99.7 Å². The molecule has 1 N–H and O–H groups in total. The summed E-state index contributed by atoms with van der Waals surface area (Å²) >= 11 is 0. The fraction of sp³-hybridized carbons (Fsp3) is 0.441. The highest BCUT2D eigenvalue weighted by molar-refractivity contribution is 5.94. The predicted molar refractivity (Wildman–Crippen MR) is 161 cm³/mol. The van der Waals surface area contributed by atoms with Crippen LogP contribution in [0.25, 0.3) is 0 Å². The summed E-state index contributed by atoms with van der Waals surface area (Å²) in [6.07, 6.45) is -2.30. The molecule has 3 aromatic carbocycles. The average Bonchev–Trinajstić information content (AvgIpc) is 2.99. The molecule has 8 heteroatoms. The summed E-state index contributed by atoms with van der Waals surface area (Å²) in [4.78, 5) is 17.0. The molecular weight excluding hydrogens is 539 g/mol. The van der Waals surface area contributed by atoms with Gasteiger partial charge in [-0.25, -0.2) is 0 Å². The maximum Gasteiger partial charge on any atom is 0.416 e. The lowest BCUT2D eigenvalue weighted by Gasteiger charge is -2.39. The van der Waals surface area contributed by atoms with Crippen LogP contribution in [0.5, 0.6) is 5.75 Å². The molecule has 0 aliphatic carbocycles. The molecule has 2 atom stereocenters. The number of piperazine rings is 1. The number of hydrogen-bond donors (Lipinski definition) is 1. The minimum absolute atomic E-state index is 0.111. The summed E-state index contributed by atoms with van der Waals surface area (Å²) in [6, 6.07) is 19.2. The predicted octanol–water partition coefficient (Wildman–Crippen LogP) is 7.18. The van der Waals surface area contributed by atoms with Crippen molar-refractivity contribution < 1.29 is 22.7 Å². The van der Waals surface area contributed by atoms with E-state index in [0.29, 0.717) is 26.2 Å². The van der Waals surface area contributed by atoms with Gasteiger partial charge in [-0.15, -0.1) is 0 Å². The maximum absolute atomic E-state index is 12.9. The molecule has 4 rings (SSSR count). The number of ether oxygens (including phenoxy) is 1. The summed E-state index contributed by atoms with van der Waals surface area (Å²) in [5, 5.41) is 3.50. The van der Waals surface area contributed by atoms with Crippen molar-refractivity contribution in [2.75, 3.05) is 32.7 Å². The third-order valence-corrected chi connectivity index (χ3v) is 8.30. The first kappa shape index (κ1) is 31.6. The Kier molecular flexibility index (Phi) is 10.7. The van der Waals surface area contributed by atoms with Gasteiger partial charge in [-0.2, -0.15) is 13.2 Å². The van der Waals surface area contributed by atoms with Gasteiger partial charge < -0.3 is 15.0 Å². The van der Waals surface area contributed by atoms with Crippen LogP contribution in [-0.4, -0.2) is 54.5 Å². The third-order valence-electron chi connectivity index (χ3n) is 8.30. The van der Waals surface area contributed by atoms with Crippen molar-refractivity contribution in [3.63, 3.8) is 0 Å². The van der Waals surface area contributed by atoms with Gasteiger partial charge in [0.15, 0.2) is 0 Å². The van der Waals surface area contributed by atoms with Gasteiger partial charge in [0, 0.05) is 44.3 Å². The van der Waals surface area contributed by atoms with Crippen molar-refractivity contribution in [2.45, 2.75) is 65.4 Å². The Bertz CT molecular complexity index is 1300. The molecule has 2 unspecified atom stereocenters. The highest BCUT2D eigenvalue weighted by Gasteiger charge is 2.31. The number of amides is 1. The second kappa shape index (κ2) is 14.2. The monoisotopic (exact) mass is 581 g/mol. The minimum atomic E-state index is -4.41. The Morgan fingerprint density at radius 2 is 1.57 bits per heavy atom. The van der Waals surface area contributed by atoms with Crippen LogP contribution in [0.15, 0.2) is 66.7 Å². The number of alkyl halides is 3. The Balaban J connectivity index is 1.25. The number of benzene rings is 3. The van der Waals surface area contributed by atoms with Crippen molar-refractivity contribution in [3.8, 4) is 5.75 Å². The second-order valence-corrected chi connectivity index (χ2v) is 11.2. The van der Waals surface area contributed by atoms with E-state index in [1.54, 1.807) is 4.90 Å². The molecule has 1 saturated heterocycles. The Morgan fingerprint density at radius 1 is 0.905 bits per heavy atom. The normalized spacial score (nSPS) is 15.8. The molecule has 0 saturated carbocycles. The number of carbonyl (C=O) groups is 1. The molecule has 1 heterocycles. The van der Waals surface area contributed by atoms with Crippen LogP contribution in [0.2, 0.25) is 0 Å². The van der Waals surface area contributed by atoms with Gasteiger partial charge in [0.25, 0.3) is 5.91 Å². The van der Waals surface area contributed by atoms with Crippen molar-refractivity contribution in [3.05, 3.63) is 100 Å². The fourth-order valence-corrected chi connectivity index (χ4v) is 5.51. The summed E-state index contributed by atoms with van der Waals surface area (Å²) < 4.78 is 44.9. The first-order chi connectivity index (χ1) is 20.0. The van der Waals surface area contributed by atoms with E-state index in [2.05, 4.69) is 74.3 Å². The first-order valence-electron chi connectivity index (χ1n) is 14.8. The molecule has 1 aliphatic rings. The van der Waals surface area contributed by atoms with Crippen molar-refractivity contribution in [1.82, 2.24) is 15.1 Å². The van der Waals surface area contributed by atoms with Crippen LogP contribution < -0.4 is 10.1 Å². The van der Waals surface area contributed by atoms with E-state index in [0.717, 1.165) is 49.4 Å². The van der Waals surface area contributed by atoms with Gasteiger partial charge in [-0.1, -0.05) is 36.4 Å². The molecule has 5 nitrogen and oxygen atoms in total. The quantitative estimate of drug-likeness (QED) is 0.244. The van der Waals surface area contributed by atoms with Crippen LogP contribution in [0.1, 0.15) is 70.9 Å². The summed E-state index contributed by atoms with van der Waals surface area (Å²) in [5.41, 5.74) is 4.41. The van der Waals surface area contributed by atoms with E-state index in [4.69, 9.17) is 4.74 Å². The summed E-state index contributed by atoms with van der Waals surface area (Å²) in [5.74, 6) is 0.686. The van der Waals surface area contributed by atoms with E-state index >= 15 is 0 Å². The van der Waals surface area contributed by atoms with Crippen LogP contribution >= 0.6 is 0 Å². The fourth-order valence-electron chi connectivity index (χ4n) is 5.51. The molecule has 1 aliphatic heterocycles. The molecular formula is C34H42F3N3O2. The number of nitrogens with zero attached hydrogens (tertiary/aromatic N) is 2. The van der Waals surface area contributed by atoms with E-state index in [1.807, 2.05) is 6.07 Å². The number of halogens is 3. The topological polar surface area (TPSA) is 44.8 Å². The zero-order chi connectivity index (χ0) is 30.3. The van der Waals surface area contributed by atoms with Gasteiger partial charge in [0.05, 0.1) is 11.7 Å². The molecule has 0 aromatic heterocycles. The average molecular weight is 582 g/mol. The first-order valence-corrected chi connectivity index (χ1v) is 14.8. The number of nitrogens with one attached hydrogen (secondary N) is 1. The number of carbonyl (C=O) groups excluding carboxylic acids is 1. The third kappa shape index (κ3) is 8.13. The van der Waals surface area contributed by atoms with Gasteiger partial charge in [-0.3, -0.25) is 9.69 Å². The van der Waals surface area contributed by atoms with Crippen LogP contribution in [0.4, 0.5) is 13.2 Å². The molecule has 3 aromatic rings. The zero-order valence-corrected chi connectivity index (χ0v) is 25.0. The summed E-state index contributed by atoms with van der Waals surface area (Å²) in [7, 11) is 0. The van der Waals surface area contributed by atoms with Gasteiger partial charge >= 0.3 is 6.18 Å². The van der Waals surface area contributed by atoms with Gasteiger partial charge in [0.1, 0.15) is 5.75 Å². The second-order valence-electron chi connectivity index (χ2n) is 11.2. The van der Waals surface area contributed by atoms with Crippen LogP contribution in [0, 0.1) is 13.8 Å². The Labute approximate surface area is 247 Å². The number of hydrogen-bond acceptors (Lipinski definition) is 4. The Hall–Kier alpha value is -3.36. The standard InChI is InChI=1S/C34H42F3N3O2/c1-24(9-8-18-38-23-28-10-6-5-7-11-28)42-32-17-16-31(25(2)26(32)3)27(4)39-19-21-40(22-20-39)33(41)29-12-14-30(15-13-29)34(35,36)37/h5-7,10-17,24,27,38H,8-9,18-23H2,1-4H3. The smallest absolute Gasteiger partial charge is 0.416 e. The SMILES string of the molecule is Cc1c(OC(C)CCCNCc2ccccc2)ccc(C(C)N2CCN(C(=O)c3ccc(C(F)(F)F)cc3)CC2)c1C. The van der Waals surface area contributed by atoms with E-state index < -0.39 is 11.7 Å². The van der Waals surface area contributed by atoms with E-state index in [-0.39, 0.29) is 23.6 Å². The Morgan fingerprint density at radius 3 is 2.21 bits per heavy atom. The van der Waals surface area contributed by atoms with E-state index in [1.165, 1.54) is 28.8 Å². The summed E-state index contributed by atoms with van der Waals surface area (Å²) in [6.45, 7) is 12.8. The lowest BCUT2D eigenvalue weighted by Crippen LogP contribution is -2.49. The van der Waals surface area contributed by atoms with Crippen LogP contribution in [-0.2, 0) is 12.7 Å². The largest absolute Gasteiger partial charge is 0.490 e. The van der Waals surface area contributed by atoms with Crippen LogP contribution in [0.3, 0.4) is 0 Å². The molecule has 1 fully saturated rings. The van der Waals surface area contributed by atoms with Gasteiger partial charge in [0.2, 0.25) is 0 Å². The highest BCUT2D eigenvalue weighted by atomic mass is 19.4. The molecule has 0 bridgehead atoms. The van der Waals surface area contributed by atoms with E-state index in [9.17, 15) is 18.0 Å². The lowest BCUT2D eigenvalue weighted by molar-refractivity contribution is -0.137. The molecule has 42 heavy (non-hydrogen) atoms. The molecule has 0 radical (unpaired) electrons. The number of rotatable bonds is 11. The van der Waals surface area contributed by atoms with Crippen molar-refractivity contribution in [1.29, 1.82) is 0 Å². The highest BCUT2D eigenvalue weighted by Crippen LogP contribution is 2.32. The minimum Gasteiger partial charge on any atom is -0.490 e.